The lowest BCUT2D eigenvalue weighted by atomic mass is 9.88. The fourth-order valence-corrected chi connectivity index (χ4v) is 3.00. The topological polar surface area (TPSA) is 38.1 Å². The third kappa shape index (κ3) is 5.60. The van der Waals surface area contributed by atoms with Crippen LogP contribution in [-0.2, 0) is 0 Å². The van der Waals surface area contributed by atoms with E-state index in [0.29, 0.717) is 0 Å². The quantitative estimate of drug-likeness (QED) is 0.791. The van der Waals surface area contributed by atoms with E-state index in [4.69, 9.17) is 0 Å². The predicted molar refractivity (Wildman–Crippen MR) is 115 cm³/mol. The molecule has 0 fully saturated rings. The van der Waals surface area contributed by atoms with Crippen LogP contribution in [0.3, 0.4) is 0 Å². The van der Waals surface area contributed by atoms with Crippen LogP contribution < -0.4 is 10.4 Å². The number of hydrogen-bond acceptors (Lipinski definition) is 4. The van der Waals surface area contributed by atoms with Crippen LogP contribution in [0.1, 0.15) is 52.4 Å². The van der Waals surface area contributed by atoms with Crippen LogP contribution in [0.4, 0.5) is 0 Å². The van der Waals surface area contributed by atoms with Crippen molar-refractivity contribution in [1.29, 1.82) is 0 Å². The second-order valence-corrected chi connectivity index (χ2v) is 7.32. The SMILES string of the molecule is C/C=C\c1nsnc1C=C(C)C.CCC1(C)C=NC=c2ccccc2=C1. The zero-order valence-corrected chi connectivity index (χ0v) is 17.0. The summed E-state index contributed by atoms with van der Waals surface area (Å²) in [7, 11) is 0. The van der Waals surface area contributed by atoms with Crippen LogP contribution >= 0.6 is 11.7 Å². The van der Waals surface area contributed by atoms with Crippen LogP contribution in [0.2, 0.25) is 0 Å². The Morgan fingerprint density at radius 2 is 1.81 bits per heavy atom. The number of fused-ring (bicyclic) bond motifs is 1. The van der Waals surface area contributed by atoms with Gasteiger partial charge in [0.1, 0.15) is 11.4 Å². The molecular weight excluding hydrogens is 338 g/mol. The van der Waals surface area contributed by atoms with Crippen LogP contribution in [0.25, 0.3) is 24.4 Å². The van der Waals surface area contributed by atoms with Crippen LogP contribution in [0, 0.1) is 5.41 Å². The Morgan fingerprint density at radius 3 is 2.46 bits per heavy atom. The summed E-state index contributed by atoms with van der Waals surface area (Å²) in [5, 5.41) is 2.50. The van der Waals surface area contributed by atoms with Gasteiger partial charge in [-0.3, -0.25) is 4.99 Å². The largest absolute Gasteiger partial charge is 0.268 e. The third-order valence-electron chi connectivity index (χ3n) is 4.12. The minimum absolute atomic E-state index is 0.100. The number of nitrogens with zero attached hydrogens (tertiary/aromatic N) is 3. The molecule has 1 aromatic carbocycles. The number of aliphatic imine (C=N–C) groups is 1. The average molecular weight is 366 g/mol. The van der Waals surface area contributed by atoms with Gasteiger partial charge in [-0.1, -0.05) is 55.8 Å². The zero-order valence-electron chi connectivity index (χ0n) is 16.2. The Kier molecular flexibility index (Phi) is 7.22. The standard InChI is InChI=1S/C13H15N.C9H12N2S/c1-3-13(2)8-11-6-4-5-7-12(11)9-14-10-13;1-4-5-8-9(6-7(2)3)11-12-10-8/h4-10H,3H2,1-2H3;4-6H,1-3H3/b;5-4-. The fourth-order valence-electron chi connectivity index (χ4n) is 2.48. The summed E-state index contributed by atoms with van der Waals surface area (Å²) in [6.45, 7) is 10.5. The Morgan fingerprint density at radius 1 is 1.12 bits per heavy atom. The van der Waals surface area contributed by atoms with Crippen molar-refractivity contribution < 1.29 is 0 Å². The molecule has 136 valence electrons. The summed E-state index contributed by atoms with van der Waals surface area (Å²) < 4.78 is 8.34. The molecule has 3 rings (SSSR count). The Hall–Kier alpha value is -2.33. The second-order valence-electron chi connectivity index (χ2n) is 6.80. The minimum atomic E-state index is 0.100. The van der Waals surface area contributed by atoms with Gasteiger partial charge in [0.2, 0.25) is 0 Å². The van der Waals surface area contributed by atoms with Crippen LogP contribution in [0.5, 0.6) is 0 Å². The van der Waals surface area contributed by atoms with Gasteiger partial charge in [-0.15, -0.1) is 0 Å². The maximum atomic E-state index is 4.35. The highest BCUT2D eigenvalue weighted by molar-refractivity contribution is 6.99. The van der Waals surface area contributed by atoms with E-state index < -0.39 is 0 Å². The van der Waals surface area contributed by atoms with Crippen molar-refractivity contribution in [1.82, 2.24) is 8.75 Å². The summed E-state index contributed by atoms with van der Waals surface area (Å²) in [4.78, 5) is 4.35. The summed E-state index contributed by atoms with van der Waals surface area (Å²) in [6, 6.07) is 8.37. The van der Waals surface area contributed by atoms with E-state index in [1.807, 2.05) is 43.6 Å². The molecule has 1 unspecified atom stereocenters. The van der Waals surface area contributed by atoms with Gasteiger partial charge in [0, 0.05) is 17.8 Å². The number of rotatable bonds is 3. The van der Waals surface area contributed by atoms with Gasteiger partial charge in [0.05, 0.1) is 11.7 Å². The Labute approximate surface area is 160 Å². The number of benzene rings is 1. The molecule has 0 bridgehead atoms. The molecule has 0 saturated carbocycles. The molecule has 2 aromatic rings. The van der Waals surface area contributed by atoms with E-state index in [2.05, 4.69) is 65.7 Å². The first-order valence-corrected chi connectivity index (χ1v) is 9.63. The summed E-state index contributed by atoms with van der Waals surface area (Å²) in [5.74, 6) is 0. The van der Waals surface area contributed by atoms with Gasteiger partial charge >= 0.3 is 0 Å². The molecule has 0 amide bonds. The van der Waals surface area contributed by atoms with E-state index in [0.717, 1.165) is 17.8 Å². The predicted octanol–water partition coefficient (Wildman–Crippen LogP) is 4.70. The maximum Gasteiger partial charge on any atom is 0.104 e. The molecule has 4 heteroatoms. The third-order valence-corrected chi connectivity index (χ3v) is 4.67. The molecule has 0 saturated heterocycles. The van der Waals surface area contributed by atoms with Gasteiger partial charge in [-0.05, 0) is 49.8 Å². The molecular formula is C22H27N3S. The smallest absolute Gasteiger partial charge is 0.104 e. The van der Waals surface area contributed by atoms with Crippen molar-refractivity contribution in [3.63, 3.8) is 0 Å². The van der Waals surface area contributed by atoms with Crippen molar-refractivity contribution in [3.8, 4) is 0 Å². The first-order chi connectivity index (χ1) is 12.5. The maximum absolute atomic E-state index is 4.35. The lowest BCUT2D eigenvalue weighted by Gasteiger charge is -2.16. The Bertz CT molecular complexity index is 930. The molecule has 0 spiro atoms. The van der Waals surface area contributed by atoms with Crippen molar-refractivity contribution in [2.45, 2.75) is 41.0 Å². The summed E-state index contributed by atoms with van der Waals surface area (Å²) in [5.41, 5.74) is 3.28. The first kappa shape index (κ1) is 20.0. The molecule has 26 heavy (non-hydrogen) atoms. The summed E-state index contributed by atoms with van der Waals surface area (Å²) in [6.07, 6.45) is 13.3. The highest BCUT2D eigenvalue weighted by Crippen LogP contribution is 2.20. The highest BCUT2D eigenvalue weighted by Gasteiger charge is 2.16. The van der Waals surface area contributed by atoms with Crippen LogP contribution in [-0.4, -0.2) is 15.0 Å². The molecule has 1 atom stereocenters. The molecule has 0 radical (unpaired) electrons. The highest BCUT2D eigenvalue weighted by atomic mass is 32.1. The molecule has 2 heterocycles. The minimum Gasteiger partial charge on any atom is -0.268 e. The van der Waals surface area contributed by atoms with E-state index in [1.54, 1.807) is 0 Å². The number of allylic oxidation sites excluding steroid dienone is 2. The number of hydrogen-bond donors (Lipinski definition) is 0. The lowest BCUT2D eigenvalue weighted by molar-refractivity contribution is 0.624. The molecule has 1 aliphatic rings. The monoisotopic (exact) mass is 365 g/mol. The van der Waals surface area contributed by atoms with Gasteiger partial charge in [0.15, 0.2) is 0 Å². The molecule has 0 N–H and O–H groups in total. The van der Waals surface area contributed by atoms with Crippen molar-refractivity contribution in [2.75, 3.05) is 0 Å². The lowest BCUT2D eigenvalue weighted by Crippen LogP contribution is -2.26. The van der Waals surface area contributed by atoms with E-state index in [-0.39, 0.29) is 5.41 Å². The van der Waals surface area contributed by atoms with Gasteiger partial charge in [0.25, 0.3) is 0 Å². The van der Waals surface area contributed by atoms with E-state index in [1.165, 1.54) is 27.7 Å². The van der Waals surface area contributed by atoms with Crippen molar-refractivity contribution >= 4 is 42.4 Å². The van der Waals surface area contributed by atoms with Gasteiger partial charge in [-0.25, -0.2) is 0 Å². The van der Waals surface area contributed by atoms with Crippen LogP contribution in [0.15, 0.2) is 40.9 Å². The van der Waals surface area contributed by atoms with Crippen molar-refractivity contribution in [3.05, 3.63) is 57.7 Å². The van der Waals surface area contributed by atoms with Gasteiger partial charge < -0.3 is 0 Å². The molecule has 1 aromatic heterocycles. The molecule has 0 aliphatic carbocycles. The van der Waals surface area contributed by atoms with Crippen molar-refractivity contribution in [2.24, 2.45) is 10.4 Å². The normalized spacial score (nSPS) is 18.0. The second kappa shape index (κ2) is 9.39. The molecule has 1 aliphatic heterocycles. The number of aromatic nitrogens is 2. The van der Waals surface area contributed by atoms with Gasteiger partial charge in [-0.2, -0.15) is 8.75 Å². The zero-order chi connectivity index (χ0) is 19.0. The molecule has 3 nitrogen and oxygen atoms in total. The Balaban J connectivity index is 0.000000190. The average Bonchev–Trinajstić information content (AvgIpc) is 2.95. The van der Waals surface area contributed by atoms with E-state index in [9.17, 15) is 0 Å². The summed E-state index contributed by atoms with van der Waals surface area (Å²) >= 11 is 1.25. The van der Waals surface area contributed by atoms with E-state index >= 15 is 0 Å². The first-order valence-electron chi connectivity index (χ1n) is 8.90. The fraction of sp³-hybridized carbons (Fsp3) is 0.318.